The number of para-hydroxylation sites is 1. The maximum atomic E-state index is 13.4. The number of hydrogen-bond donors (Lipinski definition) is 1. The summed E-state index contributed by atoms with van der Waals surface area (Å²) in [6, 6.07) is 19.1. The first-order valence-corrected chi connectivity index (χ1v) is 11.2. The Balaban J connectivity index is 1.99. The Labute approximate surface area is 208 Å². The monoisotopic (exact) mass is 484 g/mol. The summed E-state index contributed by atoms with van der Waals surface area (Å²) < 4.78 is 16.6. The molecule has 0 aromatic heterocycles. The maximum Gasteiger partial charge on any atom is 0.300 e. The Hall–Kier alpha value is -4.77. The van der Waals surface area contributed by atoms with Gasteiger partial charge in [-0.05, 0) is 49.4 Å². The molecule has 36 heavy (non-hydrogen) atoms. The minimum atomic E-state index is -1.03. The molecule has 1 heterocycles. The predicted molar refractivity (Wildman–Crippen MR) is 133 cm³/mol. The van der Waals surface area contributed by atoms with E-state index in [4.69, 9.17) is 14.2 Å². The molecule has 1 fully saturated rings. The number of ether oxygens (including phenoxy) is 3. The summed E-state index contributed by atoms with van der Waals surface area (Å²) in [6.07, 6.45) is 0. The van der Waals surface area contributed by atoms with Crippen molar-refractivity contribution in [3.05, 3.63) is 89.0 Å². The zero-order valence-corrected chi connectivity index (χ0v) is 20.0. The number of Topliss-reactive ketones (excluding diaryl/α,β-unsaturated/α-hetero) is 1. The van der Waals surface area contributed by atoms with Gasteiger partial charge in [0.25, 0.3) is 11.7 Å². The molecule has 182 valence electrons. The van der Waals surface area contributed by atoms with Gasteiger partial charge in [-0.2, -0.15) is 5.26 Å². The van der Waals surface area contributed by atoms with Crippen molar-refractivity contribution in [2.45, 2.75) is 13.0 Å². The molecule has 0 aliphatic carbocycles. The topological polar surface area (TPSA) is 109 Å². The van der Waals surface area contributed by atoms with Crippen molar-refractivity contribution in [3.8, 4) is 23.3 Å². The molecule has 1 aliphatic rings. The van der Waals surface area contributed by atoms with Crippen LogP contribution in [-0.4, -0.2) is 37.6 Å². The highest BCUT2D eigenvalue weighted by Gasteiger charge is 2.48. The van der Waals surface area contributed by atoms with E-state index in [1.54, 1.807) is 66.7 Å². The van der Waals surface area contributed by atoms with Crippen LogP contribution in [0.4, 0.5) is 5.69 Å². The smallest absolute Gasteiger partial charge is 0.300 e. The molecule has 0 spiro atoms. The van der Waals surface area contributed by atoms with Gasteiger partial charge in [-0.25, -0.2) is 0 Å². The fraction of sp³-hybridized carbons (Fsp3) is 0.179. The zero-order chi connectivity index (χ0) is 25.8. The SMILES string of the molecule is CCOc1cccc(/C(O)=C2/C(=O)C(=O)N(c3ccc(C#N)cc3)C2c2cccc(OC)c2OC)c1. The quantitative estimate of drug-likeness (QED) is 0.297. The molecule has 1 aliphatic heterocycles. The van der Waals surface area contributed by atoms with Crippen LogP contribution in [0.1, 0.15) is 29.7 Å². The molecule has 1 amide bonds. The van der Waals surface area contributed by atoms with Crippen LogP contribution in [0.5, 0.6) is 17.2 Å². The third-order valence-corrected chi connectivity index (χ3v) is 5.87. The first kappa shape index (κ1) is 24.4. The number of ketones is 1. The normalized spacial score (nSPS) is 16.5. The molecule has 4 rings (SSSR count). The lowest BCUT2D eigenvalue weighted by Gasteiger charge is -2.27. The van der Waals surface area contributed by atoms with Gasteiger partial charge in [-0.3, -0.25) is 14.5 Å². The molecule has 1 saturated heterocycles. The first-order chi connectivity index (χ1) is 17.4. The van der Waals surface area contributed by atoms with Gasteiger partial charge >= 0.3 is 0 Å². The van der Waals surface area contributed by atoms with Crippen molar-refractivity contribution in [2.75, 3.05) is 25.7 Å². The molecule has 3 aromatic carbocycles. The number of nitriles is 1. The lowest BCUT2D eigenvalue weighted by atomic mass is 9.94. The number of carbonyl (C=O) groups excluding carboxylic acids is 2. The molecule has 3 aromatic rings. The Kier molecular flexibility index (Phi) is 6.93. The van der Waals surface area contributed by atoms with E-state index in [0.29, 0.717) is 46.2 Å². The molecular formula is C28H24N2O6. The Morgan fingerprint density at radius 2 is 1.75 bits per heavy atom. The number of carbonyl (C=O) groups is 2. The largest absolute Gasteiger partial charge is 0.507 e. The molecule has 1 N–H and O–H groups in total. The van der Waals surface area contributed by atoms with Gasteiger partial charge in [0.1, 0.15) is 11.5 Å². The first-order valence-electron chi connectivity index (χ1n) is 11.2. The summed E-state index contributed by atoms with van der Waals surface area (Å²) in [4.78, 5) is 28.1. The standard InChI is InChI=1S/C28H24N2O6/c1-4-36-20-8-5-7-18(15-20)25(31)23-24(21-9-6-10-22(34-2)27(21)35-3)30(28(33)26(23)32)19-13-11-17(16-29)12-14-19/h5-15,24,31H,4H2,1-3H3/b25-23-. The molecule has 1 atom stereocenters. The number of amides is 1. The highest BCUT2D eigenvalue weighted by Crippen LogP contribution is 2.47. The third-order valence-electron chi connectivity index (χ3n) is 5.87. The average Bonchev–Trinajstić information content (AvgIpc) is 3.18. The van der Waals surface area contributed by atoms with E-state index in [0.717, 1.165) is 0 Å². The highest BCUT2D eigenvalue weighted by molar-refractivity contribution is 6.51. The van der Waals surface area contributed by atoms with Crippen LogP contribution in [0.2, 0.25) is 0 Å². The number of benzene rings is 3. The van der Waals surface area contributed by atoms with E-state index in [1.165, 1.54) is 19.1 Å². The van der Waals surface area contributed by atoms with E-state index < -0.39 is 17.7 Å². The lowest BCUT2D eigenvalue weighted by molar-refractivity contribution is -0.132. The summed E-state index contributed by atoms with van der Waals surface area (Å²) in [7, 11) is 2.94. The van der Waals surface area contributed by atoms with E-state index in [2.05, 4.69) is 0 Å². The minimum absolute atomic E-state index is 0.107. The summed E-state index contributed by atoms with van der Waals surface area (Å²) in [5.74, 6) is -0.789. The van der Waals surface area contributed by atoms with Gasteiger partial charge in [0, 0.05) is 16.8 Å². The van der Waals surface area contributed by atoms with E-state index in [9.17, 15) is 20.0 Å². The second-order valence-electron chi connectivity index (χ2n) is 7.87. The summed E-state index contributed by atoms with van der Waals surface area (Å²) in [5.41, 5.74) is 1.45. The van der Waals surface area contributed by atoms with Gasteiger partial charge in [-0.1, -0.05) is 24.3 Å². The Morgan fingerprint density at radius 3 is 2.39 bits per heavy atom. The molecule has 0 saturated carbocycles. The lowest BCUT2D eigenvalue weighted by Crippen LogP contribution is -2.29. The summed E-state index contributed by atoms with van der Waals surface area (Å²) in [5, 5.41) is 20.6. The van der Waals surface area contributed by atoms with Gasteiger partial charge in [-0.15, -0.1) is 0 Å². The molecule has 0 bridgehead atoms. The second kappa shape index (κ2) is 10.2. The van der Waals surface area contributed by atoms with Crippen molar-refractivity contribution in [2.24, 2.45) is 0 Å². The van der Waals surface area contributed by atoms with Gasteiger partial charge in [0.05, 0.1) is 44.1 Å². The van der Waals surface area contributed by atoms with Crippen molar-refractivity contribution in [1.29, 1.82) is 5.26 Å². The van der Waals surface area contributed by atoms with Crippen molar-refractivity contribution in [1.82, 2.24) is 0 Å². The van der Waals surface area contributed by atoms with E-state index in [1.807, 2.05) is 13.0 Å². The van der Waals surface area contributed by atoms with Gasteiger partial charge in [0.15, 0.2) is 11.5 Å². The van der Waals surface area contributed by atoms with Crippen molar-refractivity contribution < 1.29 is 28.9 Å². The zero-order valence-electron chi connectivity index (χ0n) is 20.0. The summed E-state index contributed by atoms with van der Waals surface area (Å²) in [6.45, 7) is 2.26. The maximum absolute atomic E-state index is 13.4. The number of aliphatic hydroxyl groups is 1. The highest BCUT2D eigenvalue weighted by atomic mass is 16.5. The van der Waals surface area contributed by atoms with Crippen LogP contribution in [0.15, 0.2) is 72.3 Å². The number of anilines is 1. The Bertz CT molecular complexity index is 1390. The predicted octanol–water partition coefficient (Wildman–Crippen LogP) is 4.60. The molecular weight excluding hydrogens is 460 g/mol. The average molecular weight is 485 g/mol. The number of hydrogen-bond acceptors (Lipinski definition) is 7. The van der Waals surface area contributed by atoms with Crippen molar-refractivity contribution in [3.63, 3.8) is 0 Å². The van der Waals surface area contributed by atoms with Gasteiger partial charge < -0.3 is 19.3 Å². The number of nitrogens with zero attached hydrogens (tertiary/aromatic N) is 2. The van der Waals surface area contributed by atoms with Crippen LogP contribution < -0.4 is 19.1 Å². The second-order valence-corrected chi connectivity index (χ2v) is 7.87. The minimum Gasteiger partial charge on any atom is -0.507 e. The van der Waals surface area contributed by atoms with Crippen LogP contribution in [-0.2, 0) is 9.59 Å². The molecule has 8 nitrogen and oxygen atoms in total. The van der Waals surface area contributed by atoms with Crippen LogP contribution in [0.3, 0.4) is 0 Å². The van der Waals surface area contributed by atoms with Crippen LogP contribution >= 0.6 is 0 Å². The number of methoxy groups -OCH3 is 2. The Morgan fingerprint density at radius 1 is 1.03 bits per heavy atom. The third kappa shape index (κ3) is 4.23. The molecule has 1 unspecified atom stereocenters. The molecule has 8 heteroatoms. The molecule has 0 radical (unpaired) electrons. The fourth-order valence-electron chi connectivity index (χ4n) is 4.27. The fourth-order valence-corrected chi connectivity index (χ4v) is 4.27. The van der Waals surface area contributed by atoms with Crippen LogP contribution in [0, 0.1) is 11.3 Å². The number of aliphatic hydroxyl groups excluding tert-OH is 1. The summed E-state index contributed by atoms with van der Waals surface area (Å²) >= 11 is 0. The van der Waals surface area contributed by atoms with Crippen molar-refractivity contribution >= 4 is 23.1 Å². The van der Waals surface area contributed by atoms with E-state index >= 15 is 0 Å². The van der Waals surface area contributed by atoms with Gasteiger partial charge in [0.2, 0.25) is 0 Å². The number of rotatable bonds is 7. The van der Waals surface area contributed by atoms with Crippen LogP contribution in [0.25, 0.3) is 5.76 Å². The van der Waals surface area contributed by atoms with E-state index in [-0.39, 0.29) is 11.3 Å².